The molecule has 0 aromatic heterocycles. The highest BCUT2D eigenvalue weighted by Crippen LogP contribution is 2.37. The molecule has 1 aliphatic heterocycles. The van der Waals surface area contributed by atoms with E-state index in [-0.39, 0.29) is 23.9 Å². The molecule has 0 spiro atoms. The Morgan fingerprint density at radius 2 is 1.58 bits per heavy atom. The number of aliphatic hydroxyl groups excluding tert-OH is 4. The maximum Gasteiger partial charge on any atom is 0.200 e. The van der Waals surface area contributed by atoms with Crippen molar-refractivity contribution >= 4 is 0 Å². The van der Waals surface area contributed by atoms with Gasteiger partial charge in [-0.25, -0.2) is 0 Å². The molecule has 0 aliphatic carbocycles. The SMILES string of the molecule is COc1cc(CO[C@H]2O[C@@H](CO)[C@H](O)[C@@H](O)[C@@H]2O)cc(OC)c1O. The maximum absolute atomic E-state index is 9.91. The highest BCUT2D eigenvalue weighted by molar-refractivity contribution is 5.52. The Kier molecular flexibility index (Phi) is 6.21. The van der Waals surface area contributed by atoms with E-state index in [0.29, 0.717) is 5.56 Å². The van der Waals surface area contributed by atoms with Crippen molar-refractivity contribution in [2.45, 2.75) is 37.3 Å². The lowest BCUT2D eigenvalue weighted by atomic mass is 9.99. The van der Waals surface area contributed by atoms with Gasteiger partial charge in [0.05, 0.1) is 27.4 Å². The van der Waals surface area contributed by atoms with Crippen LogP contribution in [0.25, 0.3) is 0 Å². The van der Waals surface area contributed by atoms with Crippen LogP contribution in [0.15, 0.2) is 12.1 Å². The minimum atomic E-state index is -1.51. The van der Waals surface area contributed by atoms with E-state index < -0.39 is 37.3 Å². The predicted octanol–water partition coefficient (Wildman–Crippen LogP) is -1.27. The third-order valence-corrected chi connectivity index (χ3v) is 3.80. The number of benzene rings is 1. The van der Waals surface area contributed by atoms with Crippen LogP contribution >= 0.6 is 0 Å². The van der Waals surface area contributed by atoms with Crippen molar-refractivity contribution in [1.29, 1.82) is 0 Å². The van der Waals surface area contributed by atoms with Crippen LogP contribution in [0.3, 0.4) is 0 Å². The van der Waals surface area contributed by atoms with E-state index in [1.54, 1.807) is 0 Å². The van der Waals surface area contributed by atoms with Crippen LogP contribution in [0.4, 0.5) is 0 Å². The molecule has 24 heavy (non-hydrogen) atoms. The van der Waals surface area contributed by atoms with Gasteiger partial charge in [0.1, 0.15) is 24.4 Å². The molecule has 1 aliphatic rings. The monoisotopic (exact) mass is 346 g/mol. The van der Waals surface area contributed by atoms with Crippen molar-refractivity contribution in [3.05, 3.63) is 17.7 Å². The summed E-state index contributed by atoms with van der Waals surface area (Å²) in [4.78, 5) is 0. The molecule has 1 aromatic rings. The number of phenolic OH excluding ortho intramolecular Hbond substituents is 1. The molecule has 0 unspecified atom stereocenters. The maximum atomic E-state index is 9.91. The lowest BCUT2D eigenvalue weighted by Crippen LogP contribution is -2.59. The van der Waals surface area contributed by atoms with Crippen molar-refractivity contribution < 1.29 is 44.5 Å². The van der Waals surface area contributed by atoms with Crippen molar-refractivity contribution in [2.75, 3.05) is 20.8 Å². The Morgan fingerprint density at radius 3 is 2.08 bits per heavy atom. The average Bonchev–Trinajstić information content (AvgIpc) is 2.60. The fraction of sp³-hybridized carbons (Fsp3) is 0.600. The van der Waals surface area contributed by atoms with Crippen molar-refractivity contribution in [2.24, 2.45) is 0 Å². The number of phenols is 1. The molecule has 0 radical (unpaired) electrons. The van der Waals surface area contributed by atoms with E-state index in [4.69, 9.17) is 24.1 Å². The number of aliphatic hydroxyl groups is 4. The Morgan fingerprint density at radius 1 is 1.00 bits per heavy atom. The Bertz CT molecular complexity index is 523. The zero-order chi connectivity index (χ0) is 17.9. The van der Waals surface area contributed by atoms with Gasteiger partial charge in [-0.3, -0.25) is 0 Å². The van der Waals surface area contributed by atoms with E-state index in [2.05, 4.69) is 0 Å². The molecule has 0 saturated carbocycles. The van der Waals surface area contributed by atoms with Crippen LogP contribution in [-0.2, 0) is 16.1 Å². The summed E-state index contributed by atoms with van der Waals surface area (Å²) < 4.78 is 20.7. The zero-order valence-electron chi connectivity index (χ0n) is 13.3. The summed E-state index contributed by atoms with van der Waals surface area (Å²) >= 11 is 0. The number of hydrogen-bond acceptors (Lipinski definition) is 9. The fourth-order valence-corrected chi connectivity index (χ4v) is 2.41. The van der Waals surface area contributed by atoms with Gasteiger partial charge in [-0.1, -0.05) is 0 Å². The molecule has 1 fully saturated rings. The fourth-order valence-electron chi connectivity index (χ4n) is 2.41. The average molecular weight is 346 g/mol. The molecule has 1 saturated heterocycles. The van der Waals surface area contributed by atoms with Gasteiger partial charge in [-0.05, 0) is 17.7 Å². The van der Waals surface area contributed by atoms with Crippen LogP contribution in [-0.4, -0.2) is 77.1 Å². The quantitative estimate of drug-likeness (QED) is 0.426. The van der Waals surface area contributed by atoms with Gasteiger partial charge in [0.2, 0.25) is 5.75 Å². The lowest BCUT2D eigenvalue weighted by molar-refractivity contribution is -0.304. The normalized spacial score (nSPS) is 30.2. The zero-order valence-corrected chi connectivity index (χ0v) is 13.3. The van der Waals surface area contributed by atoms with Gasteiger partial charge in [0, 0.05) is 0 Å². The van der Waals surface area contributed by atoms with Crippen molar-refractivity contribution in [1.82, 2.24) is 0 Å². The van der Waals surface area contributed by atoms with Crippen molar-refractivity contribution in [3.8, 4) is 17.2 Å². The summed E-state index contributed by atoms with van der Waals surface area (Å²) in [6.45, 7) is -0.596. The molecule has 0 bridgehead atoms. The number of ether oxygens (including phenoxy) is 4. The minimum absolute atomic E-state index is 0.0598. The summed E-state index contributed by atoms with van der Waals surface area (Å²) in [7, 11) is 2.77. The second-order valence-electron chi connectivity index (χ2n) is 5.36. The third kappa shape index (κ3) is 3.72. The predicted molar refractivity (Wildman–Crippen MR) is 79.8 cm³/mol. The van der Waals surface area contributed by atoms with Gasteiger partial charge < -0.3 is 44.5 Å². The number of rotatable bonds is 6. The first-order valence-corrected chi connectivity index (χ1v) is 7.28. The van der Waals surface area contributed by atoms with E-state index in [1.165, 1.54) is 26.4 Å². The summed E-state index contributed by atoms with van der Waals surface area (Å²) in [5.74, 6) is 0.208. The van der Waals surface area contributed by atoms with Gasteiger partial charge in [0.15, 0.2) is 17.8 Å². The summed E-state index contributed by atoms with van der Waals surface area (Å²) in [6, 6.07) is 3.03. The Hall–Kier alpha value is -1.62. The molecule has 5 atom stereocenters. The Labute approximate surface area is 138 Å². The molecule has 1 heterocycles. The first-order valence-electron chi connectivity index (χ1n) is 7.28. The highest BCUT2D eigenvalue weighted by Gasteiger charge is 2.44. The molecule has 1 aromatic carbocycles. The summed E-state index contributed by atoms with van der Waals surface area (Å²) in [5.41, 5.74) is 0.554. The molecule has 9 heteroatoms. The van der Waals surface area contributed by atoms with Crippen LogP contribution in [0.2, 0.25) is 0 Å². The van der Waals surface area contributed by atoms with E-state index in [1.807, 2.05) is 0 Å². The molecule has 9 nitrogen and oxygen atoms in total. The van der Waals surface area contributed by atoms with Crippen molar-refractivity contribution in [3.63, 3.8) is 0 Å². The van der Waals surface area contributed by atoms with Crippen LogP contribution < -0.4 is 9.47 Å². The van der Waals surface area contributed by atoms with E-state index in [9.17, 15) is 20.4 Å². The molecule has 5 N–H and O–H groups in total. The van der Waals surface area contributed by atoms with Gasteiger partial charge in [-0.15, -0.1) is 0 Å². The van der Waals surface area contributed by atoms with Crippen LogP contribution in [0.1, 0.15) is 5.56 Å². The topological polar surface area (TPSA) is 138 Å². The lowest BCUT2D eigenvalue weighted by Gasteiger charge is -2.39. The van der Waals surface area contributed by atoms with Gasteiger partial charge in [-0.2, -0.15) is 0 Å². The van der Waals surface area contributed by atoms with Gasteiger partial charge in [0.25, 0.3) is 0 Å². The summed E-state index contributed by atoms with van der Waals surface area (Å²) in [5, 5.41) is 48.4. The minimum Gasteiger partial charge on any atom is -0.502 e. The first-order chi connectivity index (χ1) is 11.4. The van der Waals surface area contributed by atoms with E-state index >= 15 is 0 Å². The number of hydrogen-bond donors (Lipinski definition) is 5. The number of aromatic hydroxyl groups is 1. The van der Waals surface area contributed by atoms with E-state index in [0.717, 1.165) is 0 Å². The van der Waals surface area contributed by atoms with Gasteiger partial charge >= 0.3 is 0 Å². The largest absolute Gasteiger partial charge is 0.502 e. The van der Waals surface area contributed by atoms with Crippen LogP contribution in [0, 0.1) is 0 Å². The molecule has 2 rings (SSSR count). The molecule has 136 valence electrons. The standard InChI is InChI=1S/C15H22O9/c1-21-8-3-7(4-9(22-2)11(8)17)6-23-15-14(20)13(19)12(18)10(5-16)24-15/h3-4,10,12-20H,5-6H2,1-2H3/t10-,12-,13+,14-,15-/m0/s1. The first kappa shape index (κ1) is 18.7. The number of methoxy groups -OCH3 is 2. The highest BCUT2D eigenvalue weighted by atomic mass is 16.7. The molecule has 0 amide bonds. The second kappa shape index (κ2) is 7.97. The second-order valence-corrected chi connectivity index (χ2v) is 5.36. The smallest absolute Gasteiger partial charge is 0.200 e. The summed E-state index contributed by atoms with van der Waals surface area (Å²) in [6.07, 6.45) is -6.73. The Balaban J connectivity index is 2.09. The third-order valence-electron chi connectivity index (χ3n) is 3.80. The molecular formula is C15H22O9. The van der Waals surface area contributed by atoms with Crippen LogP contribution in [0.5, 0.6) is 17.2 Å². The molecular weight excluding hydrogens is 324 g/mol.